The Kier molecular flexibility index (Phi) is 4.72. The minimum absolute atomic E-state index is 0.00865. The second kappa shape index (κ2) is 6.69. The van der Waals surface area contributed by atoms with Gasteiger partial charge in [0, 0.05) is 11.7 Å². The molecule has 0 saturated heterocycles. The number of nitrogens with zero attached hydrogens (tertiary/aromatic N) is 1. The second-order valence-electron chi connectivity index (χ2n) is 6.55. The number of hydrogen-bond acceptors (Lipinski definition) is 4. The summed E-state index contributed by atoms with van der Waals surface area (Å²) < 4.78 is 36.9. The molecule has 0 bridgehead atoms. The van der Waals surface area contributed by atoms with E-state index in [9.17, 15) is 17.6 Å². The van der Waals surface area contributed by atoms with Crippen molar-refractivity contribution >= 4 is 27.3 Å². The van der Waals surface area contributed by atoms with Gasteiger partial charge in [-0.15, -0.1) is 0 Å². The standard InChI is InChI=1S/C18H20FN3O3S/c1-11-3-5-16(15(19)7-11)21-18(23)10-22-12(2)8-13-9-14(26(20,24)25)4-6-17(13)22/h3-7,9,12H,8,10H2,1-2H3,(H,21,23)(H2,20,24,25)/t12-/m1/s1. The molecule has 0 aliphatic carbocycles. The van der Waals surface area contributed by atoms with Gasteiger partial charge in [0.05, 0.1) is 17.1 Å². The van der Waals surface area contributed by atoms with Gasteiger partial charge in [-0.3, -0.25) is 4.79 Å². The number of hydrogen-bond donors (Lipinski definition) is 2. The lowest BCUT2D eigenvalue weighted by Crippen LogP contribution is -2.37. The van der Waals surface area contributed by atoms with E-state index in [1.54, 1.807) is 25.1 Å². The number of halogens is 1. The number of nitrogens with one attached hydrogen (secondary N) is 1. The maximum absolute atomic E-state index is 13.9. The third-order valence-corrected chi connectivity index (χ3v) is 5.36. The molecule has 3 rings (SSSR count). The van der Waals surface area contributed by atoms with Crippen molar-refractivity contribution in [3.8, 4) is 0 Å². The predicted octanol–water partition coefficient (Wildman–Crippen LogP) is 2.17. The van der Waals surface area contributed by atoms with Crippen LogP contribution in [0, 0.1) is 12.7 Å². The van der Waals surface area contributed by atoms with Crippen LogP contribution in [0.3, 0.4) is 0 Å². The van der Waals surface area contributed by atoms with Crippen LogP contribution in [0.4, 0.5) is 15.8 Å². The van der Waals surface area contributed by atoms with Crippen LogP contribution in [0.25, 0.3) is 0 Å². The van der Waals surface area contributed by atoms with E-state index in [1.807, 2.05) is 11.8 Å². The van der Waals surface area contributed by atoms with E-state index >= 15 is 0 Å². The number of carbonyl (C=O) groups is 1. The molecule has 26 heavy (non-hydrogen) atoms. The van der Waals surface area contributed by atoms with Gasteiger partial charge >= 0.3 is 0 Å². The van der Waals surface area contributed by atoms with Gasteiger partial charge in [0.2, 0.25) is 15.9 Å². The number of sulfonamides is 1. The zero-order chi connectivity index (χ0) is 19.1. The highest BCUT2D eigenvalue weighted by Gasteiger charge is 2.28. The highest BCUT2D eigenvalue weighted by atomic mass is 32.2. The average molecular weight is 377 g/mol. The van der Waals surface area contributed by atoms with Crippen molar-refractivity contribution < 1.29 is 17.6 Å². The number of fused-ring (bicyclic) bond motifs is 1. The maximum Gasteiger partial charge on any atom is 0.243 e. The highest BCUT2D eigenvalue weighted by molar-refractivity contribution is 7.89. The second-order valence-corrected chi connectivity index (χ2v) is 8.11. The molecule has 8 heteroatoms. The molecule has 1 aliphatic heterocycles. The Bertz CT molecular complexity index is 976. The molecule has 0 aromatic heterocycles. The molecule has 1 amide bonds. The molecule has 0 fully saturated rings. The molecule has 2 aromatic rings. The molecule has 0 saturated carbocycles. The summed E-state index contributed by atoms with van der Waals surface area (Å²) in [5.74, 6) is -0.825. The summed E-state index contributed by atoms with van der Waals surface area (Å²) in [5.41, 5.74) is 2.51. The molecule has 3 N–H and O–H groups in total. The van der Waals surface area contributed by atoms with Crippen LogP contribution in [-0.2, 0) is 21.2 Å². The molecule has 0 radical (unpaired) electrons. The van der Waals surface area contributed by atoms with E-state index in [4.69, 9.17) is 5.14 Å². The number of anilines is 2. The van der Waals surface area contributed by atoms with E-state index in [0.717, 1.165) is 16.8 Å². The first kappa shape index (κ1) is 18.3. The molecular weight excluding hydrogens is 357 g/mol. The summed E-state index contributed by atoms with van der Waals surface area (Å²) in [6.07, 6.45) is 0.602. The smallest absolute Gasteiger partial charge is 0.243 e. The van der Waals surface area contributed by atoms with Gasteiger partial charge in [-0.05, 0) is 61.7 Å². The SMILES string of the molecule is Cc1ccc(NC(=O)CN2c3ccc(S(N)(=O)=O)cc3C[C@H]2C)c(F)c1. The van der Waals surface area contributed by atoms with Gasteiger partial charge in [0.25, 0.3) is 0 Å². The molecule has 1 heterocycles. The summed E-state index contributed by atoms with van der Waals surface area (Å²) in [6, 6.07) is 9.24. The first-order valence-corrected chi connectivity index (χ1v) is 9.68. The minimum Gasteiger partial charge on any atom is -0.359 e. The quantitative estimate of drug-likeness (QED) is 0.854. The van der Waals surface area contributed by atoms with Gasteiger partial charge in [-0.1, -0.05) is 6.07 Å². The van der Waals surface area contributed by atoms with Crippen molar-refractivity contribution in [2.24, 2.45) is 5.14 Å². The summed E-state index contributed by atoms with van der Waals surface area (Å²) in [5, 5.41) is 7.75. The normalized spacial score (nSPS) is 16.5. The van der Waals surface area contributed by atoms with Crippen molar-refractivity contribution in [2.45, 2.75) is 31.2 Å². The van der Waals surface area contributed by atoms with E-state index in [-0.39, 0.29) is 29.1 Å². The van der Waals surface area contributed by atoms with Crippen LogP contribution in [0.5, 0.6) is 0 Å². The fourth-order valence-corrected chi connectivity index (χ4v) is 3.72. The molecule has 6 nitrogen and oxygen atoms in total. The first-order chi connectivity index (χ1) is 12.1. The number of carbonyl (C=O) groups excluding carboxylic acids is 1. The lowest BCUT2D eigenvalue weighted by Gasteiger charge is -2.24. The first-order valence-electron chi connectivity index (χ1n) is 8.13. The van der Waals surface area contributed by atoms with Crippen LogP contribution in [0.1, 0.15) is 18.1 Å². The number of aryl methyl sites for hydroxylation is 1. The molecule has 138 valence electrons. The van der Waals surface area contributed by atoms with Gasteiger partial charge in [0.15, 0.2) is 0 Å². The Hall–Kier alpha value is -2.45. The van der Waals surface area contributed by atoms with Gasteiger partial charge < -0.3 is 10.2 Å². The van der Waals surface area contributed by atoms with Gasteiger partial charge in [-0.25, -0.2) is 17.9 Å². The third kappa shape index (κ3) is 3.71. The van der Waals surface area contributed by atoms with E-state index < -0.39 is 15.8 Å². The van der Waals surface area contributed by atoms with Gasteiger partial charge in [0.1, 0.15) is 5.82 Å². The Morgan fingerprint density at radius 3 is 2.69 bits per heavy atom. The lowest BCUT2D eigenvalue weighted by molar-refractivity contribution is -0.115. The number of rotatable bonds is 4. The van der Waals surface area contributed by atoms with Gasteiger partial charge in [-0.2, -0.15) is 0 Å². The maximum atomic E-state index is 13.9. The summed E-state index contributed by atoms with van der Waals surface area (Å²) >= 11 is 0. The van der Waals surface area contributed by atoms with Crippen molar-refractivity contribution in [1.82, 2.24) is 0 Å². The number of primary sulfonamides is 1. The zero-order valence-corrected chi connectivity index (χ0v) is 15.3. The van der Waals surface area contributed by atoms with Crippen LogP contribution < -0.4 is 15.4 Å². The Morgan fingerprint density at radius 1 is 1.31 bits per heavy atom. The molecule has 0 spiro atoms. The minimum atomic E-state index is -3.77. The predicted molar refractivity (Wildman–Crippen MR) is 98.1 cm³/mol. The van der Waals surface area contributed by atoms with Crippen molar-refractivity contribution in [3.63, 3.8) is 0 Å². The molecule has 1 aliphatic rings. The molecule has 1 atom stereocenters. The molecule has 2 aromatic carbocycles. The topological polar surface area (TPSA) is 92.5 Å². The fraction of sp³-hybridized carbons (Fsp3) is 0.278. The summed E-state index contributed by atoms with van der Waals surface area (Å²) in [7, 11) is -3.77. The highest BCUT2D eigenvalue weighted by Crippen LogP contribution is 2.33. The number of amides is 1. The Morgan fingerprint density at radius 2 is 2.04 bits per heavy atom. The summed E-state index contributed by atoms with van der Waals surface area (Å²) in [4.78, 5) is 14.3. The molecular formula is C18H20FN3O3S. The number of benzene rings is 2. The zero-order valence-electron chi connectivity index (χ0n) is 14.5. The van der Waals surface area contributed by atoms with E-state index in [0.29, 0.717) is 6.42 Å². The van der Waals surface area contributed by atoms with Crippen molar-refractivity contribution in [2.75, 3.05) is 16.8 Å². The molecule has 0 unspecified atom stereocenters. The van der Waals surface area contributed by atoms with Crippen molar-refractivity contribution in [3.05, 3.63) is 53.3 Å². The van der Waals surface area contributed by atoms with Crippen LogP contribution >= 0.6 is 0 Å². The lowest BCUT2D eigenvalue weighted by atomic mass is 10.1. The Balaban J connectivity index is 1.78. The average Bonchev–Trinajstić information content (AvgIpc) is 2.84. The van der Waals surface area contributed by atoms with Crippen LogP contribution in [-0.4, -0.2) is 26.9 Å². The summed E-state index contributed by atoms with van der Waals surface area (Å²) in [6.45, 7) is 3.75. The fourth-order valence-electron chi connectivity index (χ4n) is 3.16. The largest absolute Gasteiger partial charge is 0.359 e. The monoisotopic (exact) mass is 377 g/mol. The van der Waals surface area contributed by atoms with Crippen LogP contribution in [0.15, 0.2) is 41.3 Å². The Labute approximate surface area is 151 Å². The van der Waals surface area contributed by atoms with E-state index in [2.05, 4.69) is 5.32 Å². The van der Waals surface area contributed by atoms with Crippen molar-refractivity contribution in [1.29, 1.82) is 0 Å². The number of nitrogens with two attached hydrogens (primary N) is 1. The van der Waals surface area contributed by atoms with Crippen LogP contribution in [0.2, 0.25) is 0 Å². The third-order valence-electron chi connectivity index (χ3n) is 4.45. The van der Waals surface area contributed by atoms with E-state index in [1.165, 1.54) is 18.2 Å².